The van der Waals surface area contributed by atoms with Gasteiger partial charge in [0, 0.05) is 11.7 Å². The van der Waals surface area contributed by atoms with Crippen LogP contribution in [0.15, 0.2) is 29.5 Å². The van der Waals surface area contributed by atoms with Crippen LogP contribution in [0, 0.1) is 11.5 Å². The smallest absolute Gasteiger partial charge is 0.209 e. The highest BCUT2D eigenvalue weighted by molar-refractivity contribution is 5.94. The molecule has 7 nitrogen and oxygen atoms in total. The van der Waals surface area contributed by atoms with Crippen LogP contribution in [0.2, 0.25) is 0 Å². The second kappa shape index (κ2) is 5.91. The summed E-state index contributed by atoms with van der Waals surface area (Å²) in [6.07, 6.45) is 5.89. The topological polar surface area (TPSA) is 96.6 Å². The fraction of sp³-hybridized carbons (Fsp3) is 0.533. The van der Waals surface area contributed by atoms with Gasteiger partial charge >= 0.3 is 0 Å². The van der Waals surface area contributed by atoms with Gasteiger partial charge in [-0.05, 0) is 46.2 Å². The molecule has 1 aliphatic rings. The minimum Gasteiger partial charge on any atom is -0.324 e. The van der Waals surface area contributed by atoms with E-state index in [-0.39, 0.29) is 11.6 Å². The molecule has 2 rings (SSSR count). The number of nitriles is 1. The molecule has 1 unspecified atom stereocenters. The minimum atomic E-state index is -0.525. The van der Waals surface area contributed by atoms with Crippen LogP contribution in [-0.2, 0) is 0 Å². The second-order valence-corrected chi connectivity index (χ2v) is 6.58. The summed E-state index contributed by atoms with van der Waals surface area (Å²) in [6.45, 7) is 7.81. The zero-order valence-electron chi connectivity index (χ0n) is 13.3. The van der Waals surface area contributed by atoms with Crippen molar-refractivity contribution in [2.24, 2.45) is 4.99 Å². The molecule has 7 heteroatoms. The lowest BCUT2D eigenvalue weighted by Gasteiger charge is -2.34. The van der Waals surface area contributed by atoms with Gasteiger partial charge in [0.15, 0.2) is 6.19 Å². The molecule has 0 aromatic carbocycles. The molecule has 0 aliphatic carbocycles. The van der Waals surface area contributed by atoms with Gasteiger partial charge in [0.2, 0.25) is 5.96 Å². The molecule has 2 heterocycles. The number of nitrogens with one attached hydrogen (secondary N) is 2. The summed E-state index contributed by atoms with van der Waals surface area (Å²) >= 11 is 0. The van der Waals surface area contributed by atoms with Gasteiger partial charge in [-0.25, -0.2) is 4.99 Å². The summed E-state index contributed by atoms with van der Waals surface area (Å²) in [5.41, 5.74) is -0.161. The maximum atomic E-state index is 10.3. The molecular formula is C15H22N6O. The Labute approximate surface area is 130 Å². The molecule has 1 atom stereocenters. The van der Waals surface area contributed by atoms with E-state index >= 15 is 0 Å². The monoisotopic (exact) mass is 302 g/mol. The average Bonchev–Trinajstić information content (AvgIpc) is 2.60. The third-order valence-electron chi connectivity index (χ3n) is 4.01. The largest absolute Gasteiger partial charge is 0.324 e. The molecule has 0 spiro atoms. The van der Waals surface area contributed by atoms with Gasteiger partial charge in [0.1, 0.15) is 0 Å². The standard InChI is InChI=1S/C15H22N6O/c1-14(2)8-12(15(3,4)21(14)22)20-13(18-10-16)19-11-6-5-7-17-9-11/h5-7,9,12,22H,8H2,1-4H3,(H2,18,19,20). The highest BCUT2D eigenvalue weighted by atomic mass is 16.5. The van der Waals surface area contributed by atoms with Gasteiger partial charge in [-0.2, -0.15) is 10.3 Å². The van der Waals surface area contributed by atoms with Gasteiger partial charge < -0.3 is 10.5 Å². The van der Waals surface area contributed by atoms with E-state index in [0.29, 0.717) is 12.4 Å². The molecular weight excluding hydrogens is 280 g/mol. The Morgan fingerprint density at radius 1 is 1.50 bits per heavy atom. The van der Waals surface area contributed by atoms with Gasteiger partial charge in [-0.1, -0.05) is 0 Å². The lowest BCUT2D eigenvalue weighted by molar-refractivity contribution is -0.193. The number of anilines is 1. The van der Waals surface area contributed by atoms with Crippen molar-refractivity contribution in [3.8, 4) is 6.19 Å². The Balaban J connectivity index is 2.25. The predicted octanol–water partition coefficient (Wildman–Crippen LogP) is 1.94. The van der Waals surface area contributed by atoms with Gasteiger partial charge in [0.05, 0.1) is 23.5 Å². The Hall–Kier alpha value is -2.17. The van der Waals surface area contributed by atoms with Crippen molar-refractivity contribution in [1.29, 1.82) is 5.26 Å². The molecule has 1 aromatic rings. The molecule has 22 heavy (non-hydrogen) atoms. The third-order valence-corrected chi connectivity index (χ3v) is 4.01. The number of guanidine groups is 1. The fourth-order valence-corrected chi connectivity index (χ4v) is 2.81. The maximum Gasteiger partial charge on any atom is 0.209 e. The van der Waals surface area contributed by atoms with Crippen LogP contribution in [-0.4, -0.2) is 38.3 Å². The number of hydrogen-bond acceptors (Lipinski definition) is 5. The van der Waals surface area contributed by atoms with Crippen LogP contribution in [0.25, 0.3) is 0 Å². The first-order valence-electron chi connectivity index (χ1n) is 7.16. The maximum absolute atomic E-state index is 10.3. The fourth-order valence-electron chi connectivity index (χ4n) is 2.81. The normalized spacial score (nSPS) is 23.8. The van der Waals surface area contributed by atoms with E-state index in [0.717, 1.165) is 5.69 Å². The Morgan fingerprint density at radius 2 is 2.23 bits per heavy atom. The quantitative estimate of drug-likeness (QED) is 0.334. The van der Waals surface area contributed by atoms with E-state index in [2.05, 4.69) is 20.6 Å². The zero-order chi connectivity index (χ0) is 16.4. The van der Waals surface area contributed by atoms with Crippen molar-refractivity contribution in [3.05, 3.63) is 24.5 Å². The van der Waals surface area contributed by atoms with Crippen molar-refractivity contribution in [2.75, 3.05) is 5.32 Å². The van der Waals surface area contributed by atoms with E-state index in [9.17, 15) is 5.21 Å². The number of aliphatic imine (C=N–C) groups is 1. The number of pyridine rings is 1. The summed E-state index contributed by atoms with van der Waals surface area (Å²) < 4.78 is 0. The van der Waals surface area contributed by atoms with E-state index in [1.54, 1.807) is 18.5 Å². The molecule has 0 radical (unpaired) electrons. The van der Waals surface area contributed by atoms with Gasteiger partial charge in [-0.3, -0.25) is 10.3 Å². The first kappa shape index (κ1) is 16.2. The van der Waals surface area contributed by atoms with Crippen molar-refractivity contribution in [1.82, 2.24) is 15.4 Å². The van der Waals surface area contributed by atoms with Crippen LogP contribution < -0.4 is 10.6 Å². The molecule has 0 saturated carbocycles. The van der Waals surface area contributed by atoms with E-state index < -0.39 is 5.54 Å². The summed E-state index contributed by atoms with van der Waals surface area (Å²) in [5.74, 6) is 0.347. The summed E-state index contributed by atoms with van der Waals surface area (Å²) in [6, 6.07) is 3.47. The number of hydrogen-bond donors (Lipinski definition) is 3. The Kier molecular flexibility index (Phi) is 4.35. The van der Waals surface area contributed by atoms with Crippen LogP contribution in [0.4, 0.5) is 5.69 Å². The first-order valence-corrected chi connectivity index (χ1v) is 7.16. The zero-order valence-corrected chi connectivity index (χ0v) is 13.3. The van der Waals surface area contributed by atoms with Crippen molar-refractivity contribution in [2.45, 2.75) is 51.2 Å². The first-order chi connectivity index (χ1) is 10.3. The van der Waals surface area contributed by atoms with E-state index in [4.69, 9.17) is 5.26 Å². The second-order valence-electron chi connectivity index (χ2n) is 6.58. The molecule has 3 N–H and O–H groups in total. The van der Waals surface area contributed by atoms with Crippen molar-refractivity contribution >= 4 is 11.6 Å². The van der Waals surface area contributed by atoms with E-state index in [1.807, 2.05) is 40.0 Å². The average molecular weight is 302 g/mol. The minimum absolute atomic E-state index is 0.160. The highest BCUT2D eigenvalue weighted by Crippen LogP contribution is 2.40. The molecule has 1 aliphatic heterocycles. The number of nitrogens with zero attached hydrogens (tertiary/aromatic N) is 4. The van der Waals surface area contributed by atoms with Crippen LogP contribution in [0.3, 0.4) is 0 Å². The number of rotatable bonds is 2. The molecule has 118 valence electrons. The Bertz CT molecular complexity index is 590. The molecule has 0 bridgehead atoms. The van der Waals surface area contributed by atoms with Crippen molar-refractivity contribution in [3.63, 3.8) is 0 Å². The molecule has 1 fully saturated rings. The third kappa shape index (κ3) is 3.18. The highest BCUT2D eigenvalue weighted by Gasteiger charge is 2.51. The SMILES string of the molecule is CC1(C)CC(N=C(NC#N)Nc2cccnc2)C(C)(C)N1O. The summed E-state index contributed by atoms with van der Waals surface area (Å²) in [4.78, 5) is 8.62. The van der Waals surface area contributed by atoms with Crippen LogP contribution in [0.5, 0.6) is 0 Å². The van der Waals surface area contributed by atoms with Gasteiger partial charge in [0.25, 0.3) is 0 Å². The van der Waals surface area contributed by atoms with Crippen LogP contribution >= 0.6 is 0 Å². The molecule has 0 amide bonds. The van der Waals surface area contributed by atoms with Gasteiger partial charge in [-0.15, -0.1) is 0 Å². The van der Waals surface area contributed by atoms with E-state index in [1.165, 1.54) is 5.06 Å². The lowest BCUT2D eigenvalue weighted by Crippen LogP contribution is -2.48. The molecule has 1 saturated heterocycles. The number of hydroxylamine groups is 2. The van der Waals surface area contributed by atoms with Crippen molar-refractivity contribution < 1.29 is 5.21 Å². The lowest BCUT2D eigenvalue weighted by atomic mass is 9.95. The van der Waals surface area contributed by atoms with Crippen LogP contribution in [0.1, 0.15) is 34.1 Å². The Morgan fingerprint density at radius 3 is 2.73 bits per heavy atom. The summed E-state index contributed by atoms with van der Waals surface area (Å²) in [7, 11) is 0. The predicted molar refractivity (Wildman–Crippen MR) is 84.2 cm³/mol. The number of aromatic nitrogens is 1. The molecule has 1 aromatic heterocycles. The summed E-state index contributed by atoms with van der Waals surface area (Å²) in [5, 5.41) is 26.2.